The molecule has 0 aliphatic carbocycles. The average Bonchev–Trinajstić information content (AvgIpc) is 3.06. The molecular weight excluding hydrogens is 353 g/mol. The van der Waals surface area contributed by atoms with Crippen LogP contribution in [0, 0.1) is 24.4 Å². The molecule has 0 aliphatic heterocycles. The average molecular weight is 364 g/mol. The molecule has 0 saturated carbocycles. The molecule has 26 heavy (non-hydrogen) atoms. The van der Waals surface area contributed by atoms with Crippen LogP contribution in [0.2, 0.25) is 0 Å². The van der Waals surface area contributed by atoms with Gasteiger partial charge in [0, 0.05) is 11.9 Å². The van der Waals surface area contributed by atoms with Gasteiger partial charge >= 0.3 is 0 Å². The van der Waals surface area contributed by atoms with E-state index in [0.717, 1.165) is 6.07 Å². The lowest BCUT2D eigenvalue weighted by atomic mass is 10.2. The number of carbonyl (C=O) groups is 2. The smallest absolute Gasteiger partial charge is 0.291 e. The highest BCUT2D eigenvalue weighted by Gasteiger charge is 2.17. The van der Waals surface area contributed by atoms with Gasteiger partial charge in [-0.05, 0) is 25.1 Å². The normalized spacial score (nSPS) is 10.8. The van der Waals surface area contributed by atoms with Crippen LogP contribution in [0.1, 0.15) is 16.3 Å². The first kappa shape index (κ1) is 17.3. The van der Waals surface area contributed by atoms with Gasteiger partial charge in [0.15, 0.2) is 17.5 Å². The summed E-state index contributed by atoms with van der Waals surface area (Å²) in [5, 5.41) is 8.22. The summed E-state index contributed by atoms with van der Waals surface area (Å²) in [4.78, 5) is 31.6. The van der Waals surface area contributed by atoms with E-state index in [1.165, 1.54) is 10.7 Å². The molecule has 0 bridgehead atoms. The third-order valence-corrected chi connectivity index (χ3v) is 3.35. The maximum Gasteiger partial charge on any atom is 0.291 e. The highest BCUT2D eigenvalue weighted by atomic mass is 19.2. The molecule has 11 heteroatoms. The van der Waals surface area contributed by atoms with Crippen molar-refractivity contribution < 1.29 is 22.8 Å². The number of aromatic nitrogens is 4. The van der Waals surface area contributed by atoms with Gasteiger partial charge < -0.3 is 10.6 Å². The molecular formula is C15H11F3N6O2. The second kappa shape index (κ2) is 6.78. The summed E-state index contributed by atoms with van der Waals surface area (Å²) in [6.45, 7) is 1.19. The van der Waals surface area contributed by atoms with Crippen LogP contribution in [0.15, 0.2) is 24.4 Å². The van der Waals surface area contributed by atoms with Crippen molar-refractivity contribution in [2.75, 3.05) is 11.9 Å². The standard InChI is InChI=1S/C15H11F3N6O2/c1-7-4-5-19-15-22-13(23-24(7)15)14(26)20-6-10(25)21-9-3-2-8(16)11(17)12(9)18/h2-5H,6H2,1H3,(H,20,26)(H,21,25). The fraction of sp³-hybridized carbons (Fsp3) is 0.133. The van der Waals surface area contributed by atoms with Gasteiger partial charge in [-0.25, -0.2) is 22.7 Å². The lowest BCUT2D eigenvalue weighted by Crippen LogP contribution is -2.33. The van der Waals surface area contributed by atoms with Crippen molar-refractivity contribution in [3.63, 3.8) is 0 Å². The van der Waals surface area contributed by atoms with E-state index >= 15 is 0 Å². The number of hydrogen-bond acceptors (Lipinski definition) is 5. The zero-order valence-corrected chi connectivity index (χ0v) is 13.3. The van der Waals surface area contributed by atoms with Crippen LogP contribution in [0.3, 0.4) is 0 Å². The number of fused-ring (bicyclic) bond motifs is 1. The quantitative estimate of drug-likeness (QED) is 0.678. The Labute approximate surface area is 144 Å². The van der Waals surface area contributed by atoms with Crippen LogP contribution in [0.25, 0.3) is 5.78 Å². The minimum atomic E-state index is -1.70. The molecule has 134 valence electrons. The third-order valence-electron chi connectivity index (χ3n) is 3.35. The molecule has 0 atom stereocenters. The minimum absolute atomic E-state index is 0.210. The van der Waals surface area contributed by atoms with Crippen LogP contribution in [0.4, 0.5) is 18.9 Å². The van der Waals surface area contributed by atoms with E-state index in [1.807, 2.05) is 5.32 Å². The van der Waals surface area contributed by atoms with E-state index in [9.17, 15) is 22.8 Å². The fourth-order valence-electron chi connectivity index (χ4n) is 2.06. The van der Waals surface area contributed by atoms with Gasteiger partial charge in [0.25, 0.3) is 11.7 Å². The molecule has 0 saturated heterocycles. The molecule has 0 radical (unpaired) electrons. The first-order valence-corrected chi connectivity index (χ1v) is 7.26. The Morgan fingerprint density at radius 1 is 1.15 bits per heavy atom. The van der Waals surface area contributed by atoms with Crippen molar-refractivity contribution in [2.24, 2.45) is 0 Å². The predicted octanol–water partition coefficient (Wildman–Crippen LogP) is 1.22. The van der Waals surface area contributed by atoms with Crippen molar-refractivity contribution in [1.82, 2.24) is 24.9 Å². The Morgan fingerprint density at radius 2 is 1.92 bits per heavy atom. The first-order chi connectivity index (χ1) is 12.4. The van der Waals surface area contributed by atoms with Gasteiger partial charge in [-0.15, -0.1) is 5.10 Å². The molecule has 0 unspecified atom stereocenters. The van der Waals surface area contributed by atoms with Crippen molar-refractivity contribution in [1.29, 1.82) is 0 Å². The molecule has 8 nitrogen and oxygen atoms in total. The van der Waals surface area contributed by atoms with E-state index in [0.29, 0.717) is 11.8 Å². The van der Waals surface area contributed by atoms with E-state index in [4.69, 9.17) is 0 Å². The van der Waals surface area contributed by atoms with Crippen molar-refractivity contribution >= 4 is 23.3 Å². The van der Waals surface area contributed by atoms with Crippen molar-refractivity contribution in [2.45, 2.75) is 6.92 Å². The molecule has 0 fully saturated rings. The van der Waals surface area contributed by atoms with Gasteiger partial charge in [0.1, 0.15) is 0 Å². The second-order valence-electron chi connectivity index (χ2n) is 5.19. The molecule has 2 heterocycles. The van der Waals surface area contributed by atoms with E-state index < -0.39 is 41.5 Å². The number of benzene rings is 1. The van der Waals surface area contributed by atoms with Crippen molar-refractivity contribution in [3.8, 4) is 0 Å². The predicted molar refractivity (Wildman–Crippen MR) is 82.8 cm³/mol. The van der Waals surface area contributed by atoms with Gasteiger partial charge in [0.05, 0.1) is 12.2 Å². The molecule has 0 spiro atoms. The molecule has 1 aromatic carbocycles. The highest BCUT2D eigenvalue weighted by molar-refractivity contribution is 5.97. The van der Waals surface area contributed by atoms with Gasteiger partial charge in [-0.2, -0.15) is 4.98 Å². The SMILES string of the molecule is Cc1ccnc2nc(C(=O)NCC(=O)Nc3ccc(F)c(F)c3F)nn12. The molecule has 3 aromatic rings. The van der Waals surface area contributed by atoms with Crippen molar-refractivity contribution in [3.05, 3.63) is 53.4 Å². The minimum Gasteiger partial charge on any atom is -0.340 e. The topological polar surface area (TPSA) is 101 Å². The summed E-state index contributed by atoms with van der Waals surface area (Å²) in [7, 11) is 0. The zero-order valence-electron chi connectivity index (χ0n) is 13.3. The number of nitrogens with one attached hydrogen (secondary N) is 2. The number of amides is 2. The lowest BCUT2D eigenvalue weighted by Gasteiger charge is -2.07. The summed E-state index contributed by atoms with van der Waals surface area (Å²) >= 11 is 0. The van der Waals surface area contributed by atoms with Gasteiger partial charge in [-0.3, -0.25) is 9.59 Å². The largest absolute Gasteiger partial charge is 0.340 e. The Balaban J connectivity index is 1.64. The number of hydrogen-bond donors (Lipinski definition) is 2. The maximum absolute atomic E-state index is 13.5. The molecule has 3 rings (SSSR count). The van der Waals surface area contributed by atoms with Crippen LogP contribution >= 0.6 is 0 Å². The molecule has 0 aliphatic rings. The first-order valence-electron chi connectivity index (χ1n) is 7.26. The maximum atomic E-state index is 13.5. The van der Waals surface area contributed by atoms with Crippen LogP contribution in [-0.4, -0.2) is 37.9 Å². The second-order valence-corrected chi connectivity index (χ2v) is 5.19. The summed E-state index contributed by atoms with van der Waals surface area (Å²) < 4.78 is 40.8. The number of halogens is 3. The number of anilines is 1. The molecule has 2 aromatic heterocycles. The van der Waals surface area contributed by atoms with E-state index in [2.05, 4.69) is 20.4 Å². The number of rotatable bonds is 4. The van der Waals surface area contributed by atoms with E-state index in [-0.39, 0.29) is 11.6 Å². The molecule has 2 N–H and O–H groups in total. The summed E-state index contributed by atoms with van der Waals surface area (Å²) in [6, 6.07) is 3.21. The fourth-order valence-corrected chi connectivity index (χ4v) is 2.06. The van der Waals surface area contributed by atoms with E-state index in [1.54, 1.807) is 13.0 Å². The monoisotopic (exact) mass is 364 g/mol. The Bertz CT molecular complexity index is 1020. The summed E-state index contributed by atoms with van der Waals surface area (Å²) in [6.07, 6.45) is 1.50. The Morgan fingerprint density at radius 3 is 2.65 bits per heavy atom. The zero-order chi connectivity index (χ0) is 18.8. The van der Waals surface area contributed by atoms with Gasteiger partial charge in [-0.1, -0.05) is 0 Å². The Kier molecular flexibility index (Phi) is 4.52. The number of carbonyl (C=O) groups excluding carboxylic acids is 2. The Hall–Kier alpha value is -3.50. The third kappa shape index (κ3) is 3.31. The summed E-state index contributed by atoms with van der Waals surface area (Å²) in [5.41, 5.74) is 0.155. The number of aryl methyl sites for hydroxylation is 1. The lowest BCUT2D eigenvalue weighted by molar-refractivity contribution is -0.115. The molecule has 2 amide bonds. The summed E-state index contributed by atoms with van der Waals surface area (Å²) in [5.74, 6) is -6.22. The highest BCUT2D eigenvalue weighted by Crippen LogP contribution is 2.19. The number of nitrogens with zero attached hydrogens (tertiary/aromatic N) is 4. The van der Waals surface area contributed by atoms with Crippen LogP contribution < -0.4 is 10.6 Å². The van der Waals surface area contributed by atoms with Gasteiger partial charge in [0.2, 0.25) is 11.7 Å². The van der Waals surface area contributed by atoms with Crippen LogP contribution in [0.5, 0.6) is 0 Å². The van der Waals surface area contributed by atoms with Crippen LogP contribution in [-0.2, 0) is 4.79 Å².